The van der Waals surface area contributed by atoms with Gasteiger partial charge in [-0.25, -0.2) is 9.18 Å². The fraction of sp³-hybridized carbons (Fsp3) is 0.333. The zero-order valence-electron chi connectivity index (χ0n) is 10.00. The van der Waals surface area contributed by atoms with Crippen LogP contribution in [0.25, 0.3) is 0 Å². The quantitative estimate of drug-likeness (QED) is 0.867. The van der Waals surface area contributed by atoms with Crippen LogP contribution in [-0.4, -0.2) is 24.5 Å². The van der Waals surface area contributed by atoms with E-state index in [9.17, 15) is 14.0 Å². The van der Waals surface area contributed by atoms with E-state index in [0.717, 1.165) is 0 Å². The van der Waals surface area contributed by atoms with Crippen LogP contribution < -0.4 is 5.32 Å². The lowest BCUT2D eigenvalue weighted by Crippen LogP contribution is -2.39. The molecule has 1 unspecified atom stereocenters. The van der Waals surface area contributed by atoms with Crippen LogP contribution in [0.3, 0.4) is 0 Å². The van der Waals surface area contributed by atoms with Crippen LogP contribution in [0, 0.1) is 5.82 Å². The molecule has 0 aliphatic heterocycles. The molecule has 0 bridgehead atoms. The van der Waals surface area contributed by atoms with Gasteiger partial charge in [-0.2, -0.15) is 0 Å². The zero-order valence-corrected chi connectivity index (χ0v) is 11.6. The van der Waals surface area contributed by atoms with Crippen molar-refractivity contribution < 1.29 is 18.7 Å². The van der Waals surface area contributed by atoms with Gasteiger partial charge < -0.3 is 10.1 Å². The van der Waals surface area contributed by atoms with E-state index < -0.39 is 23.7 Å². The van der Waals surface area contributed by atoms with Gasteiger partial charge in [0.25, 0.3) is 5.91 Å². The number of nitrogens with one attached hydrogen (secondary N) is 1. The van der Waals surface area contributed by atoms with Gasteiger partial charge in [0, 0.05) is 4.47 Å². The standard InChI is InChI=1S/C12H13BrFNO3/c1-3-18-12(17)7(2)15-11(16)9-6-8(13)4-5-10(9)14/h4-7H,3H2,1-2H3,(H,15,16). The number of esters is 1. The molecule has 1 N–H and O–H groups in total. The van der Waals surface area contributed by atoms with Crippen molar-refractivity contribution in [3.05, 3.63) is 34.1 Å². The molecule has 0 fully saturated rings. The van der Waals surface area contributed by atoms with E-state index >= 15 is 0 Å². The molecule has 4 nitrogen and oxygen atoms in total. The van der Waals surface area contributed by atoms with E-state index in [2.05, 4.69) is 21.2 Å². The molecule has 1 aromatic rings. The van der Waals surface area contributed by atoms with Crippen LogP contribution in [0.1, 0.15) is 24.2 Å². The average molecular weight is 318 g/mol. The number of carbonyl (C=O) groups excluding carboxylic acids is 2. The van der Waals surface area contributed by atoms with Crippen LogP contribution in [0.2, 0.25) is 0 Å². The monoisotopic (exact) mass is 317 g/mol. The third-order valence-electron chi connectivity index (χ3n) is 2.16. The second kappa shape index (κ2) is 6.49. The Hall–Kier alpha value is -1.43. The van der Waals surface area contributed by atoms with Gasteiger partial charge in [0.1, 0.15) is 11.9 Å². The van der Waals surface area contributed by atoms with Gasteiger partial charge in [-0.3, -0.25) is 4.79 Å². The highest BCUT2D eigenvalue weighted by molar-refractivity contribution is 9.10. The Bertz CT molecular complexity index is 465. The summed E-state index contributed by atoms with van der Waals surface area (Å²) in [4.78, 5) is 23.1. The Morgan fingerprint density at radius 3 is 2.78 bits per heavy atom. The lowest BCUT2D eigenvalue weighted by molar-refractivity contribution is -0.144. The highest BCUT2D eigenvalue weighted by atomic mass is 79.9. The van der Waals surface area contributed by atoms with Gasteiger partial charge in [0.05, 0.1) is 12.2 Å². The van der Waals surface area contributed by atoms with Crippen molar-refractivity contribution in [2.75, 3.05) is 6.61 Å². The first-order chi connectivity index (χ1) is 8.45. The zero-order chi connectivity index (χ0) is 13.7. The third-order valence-corrected chi connectivity index (χ3v) is 2.65. The van der Waals surface area contributed by atoms with Crippen LogP contribution in [0.5, 0.6) is 0 Å². The maximum Gasteiger partial charge on any atom is 0.328 e. The normalized spacial score (nSPS) is 11.8. The van der Waals surface area contributed by atoms with Crippen molar-refractivity contribution in [2.45, 2.75) is 19.9 Å². The fourth-order valence-corrected chi connectivity index (χ4v) is 1.63. The fourth-order valence-electron chi connectivity index (χ4n) is 1.27. The lowest BCUT2D eigenvalue weighted by atomic mass is 10.2. The smallest absolute Gasteiger partial charge is 0.328 e. The highest BCUT2D eigenvalue weighted by Crippen LogP contribution is 2.15. The molecule has 98 valence electrons. The summed E-state index contributed by atoms with van der Waals surface area (Å²) in [5.74, 6) is -1.86. The van der Waals surface area contributed by atoms with Gasteiger partial charge in [0.15, 0.2) is 0 Å². The molecular formula is C12H13BrFNO3. The molecule has 6 heteroatoms. The van der Waals surface area contributed by atoms with Gasteiger partial charge in [-0.1, -0.05) is 15.9 Å². The molecule has 0 aliphatic rings. The molecule has 0 spiro atoms. The summed E-state index contributed by atoms with van der Waals surface area (Å²) in [6.07, 6.45) is 0. The molecule has 0 radical (unpaired) electrons. The largest absolute Gasteiger partial charge is 0.464 e. The first-order valence-corrected chi connectivity index (χ1v) is 6.17. The molecule has 1 amide bonds. The minimum absolute atomic E-state index is 0.125. The molecule has 0 saturated heterocycles. The van der Waals surface area contributed by atoms with Crippen molar-refractivity contribution in [1.82, 2.24) is 5.32 Å². The SMILES string of the molecule is CCOC(=O)C(C)NC(=O)c1cc(Br)ccc1F. The number of halogens is 2. The number of amides is 1. The summed E-state index contributed by atoms with van der Waals surface area (Å²) in [5.41, 5.74) is -0.125. The maximum absolute atomic E-state index is 13.4. The average Bonchev–Trinajstić information content (AvgIpc) is 2.32. The first kappa shape index (κ1) is 14.6. The number of hydrogen-bond donors (Lipinski definition) is 1. The van der Waals surface area contributed by atoms with E-state index in [1.807, 2.05) is 0 Å². The van der Waals surface area contributed by atoms with Crippen molar-refractivity contribution in [3.8, 4) is 0 Å². The molecule has 0 aromatic heterocycles. The van der Waals surface area contributed by atoms with Crippen LogP contribution in [-0.2, 0) is 9.53 Å². The number of ether oxygens (including phenoxy) is 1. The summed E-state index contributed by atoms with van der Waals surface area (Å²) in [5, 5.41) is 2.37. The number of hydrogen-bond acceptors (Lipinski definition) is 3. The van der Waals surface area contributed by atoms with Gasteiger partial charge in [0.2, 0.25) is 0 Å². The Balaban J connectivity index is 2.76. The van der Waals surface area contributed by atoms with E-state index in [4.69, 9.17) is 4.74 Å². The topological polar surface area (TPSA) is 55.4 Å². The van der Waals surface area contributed by atoms with Crippen LogP contribution >= 0.6 is 15.9 Å². The molecule has 0 heterocycles. The van der Waals surface area contributed by atoms with Gasteiger partial charge in [-0.15, -0.1) is 0 Å². The van der Waals surface area contributed by atoms with Crippen LogP contribution in [0.4, 0.5) is 4.39 Å². The number of carbonyl (C=O) groups is 2. The van der Waals surface area contributed by atoms with Crippen molar-refractivity contribution >= 4 is 27.8 Å². The van der Waals surface area contributed by atoms with E-state index in [1.165, 1.54) is 25.1 Å². The molecule has 0 saturated carbocycles. The Labute approximate surface area is 113 Å². The van der Waals surface area contributed by atoms with E-state index in [-0.39, 0.29) is 12.2 Å². The predicted octanol–water partition coefficient (Wildman–Crippen LogP) is 2.27. The summed E-state index contributed by atoms with van der Waals surface area (Å²) in [7, 11) is 0. The summed E-state index contributed by atoms with van der Waals surface area (Å²) < 4.78 is 18.7. The first-order valence-electron chi connectivity index (χ1n) is 5.38. The summed E-state index contributed by atoms with van der Waals surface area (Å²) in [6.45, 7) is 3.37. The van der Waals surface area contributed by atoms with Gasteiger partial charge in [-0.05, 0) is 32.0 Å². The minimum atomic E-state index is -0.823. The minimum Gasteiger partial charge on any atom is -0.464 e. The molecule has 0 aliphatic carbocycles. The van der Waals surface area contributed by atoms with Gasteiger partial charge >= 0.3 is 5.97 Å². The second-order valence-corrected chi connectivity index (χ2v) is 4.49. The molecule has 1 atom stereocenters. The summed E-state index contributed by atoms with van der Waals surface area (Å²) >= 11 is 3.15. The van der Waals surface area contributed by atoms with E-state index in [1.54, 1.807) is 6.92 Å². The van der Waals surface area contributed by atoms with Crippen LogP contribution in [0.15, 0.2) is 22.7 Å². The Morgan fingerprint density at radius 2 is 2.17 bits per heavy atom. The molecule has 18 heavy (non-hydrogen) atoms. The predicted molar refractivity (Wildman–Crippen MR) is 67.7 cm³/mol. The third kappa shape index (κ3) is 3.80. The number of rotatable bonds is 4. The van der Waals surface area contributed by atoms with Crippen molar-refractivity contribution in [1.29, 1.82) is 0 Å². The maximum atomic E-state index is 13.4. The summed E-state index contributed by atoms with van der Waals surface area (Å²) in [6, 6.07) is 3.19. The highest BCUT2D eigenvalue weighted by Gasteiger charge is 2.19. The Kier molecular flexibility index (Phi) is 5.27. The Morgan fingerprint density at radius 1 is 1.50 bits per heavy atom. The number of benzene rings is 1. The van der Waals surface area contributed by atoms with Crippen molar-refractivity contribution in [2.24, 2.45) is 0 Å². The molecule has 1 rings (SSSR count). The molecule has 1 aromatic carbocycles. The second-order valence-electron chi connectivity index (χ2n) is 3.57. The molecular weight excluding hydrogens is 305 g/mol. The van der Waals surface area contributed by atoms with E-state index in [0.29, 0.717) is 4.47 Å². The lowest BCUT2D eigenvalue weighted by Gasteiger charge is -2.13. The van der Waals surface area contributed by atoms with Crippen molar-refractivity contribution in [3.63, 3.8) is 0 Å².